The van der Waals surface area contributed by atoms with E-state index in [-0.39, 0.29) is 23.3 Å². The number of rotatable bonds is 4. The van der Waals surface area contributed by atoms with Crippen molar-refractivity contribution in [2.45, 2.75) is 39.7 Å². The number of amides is 1. The zero-order valence-corrected chi connectivity index (χ0v) is 12.0. The molecular weight excluding hydrogens is 270 g/mol. The highest BCUT2D eigenvalue weighted by molar-refractivity contribution is 9.09. The molecule has 0 aliphatic carbocycles. The van der Waals surface area contributed by atoms with Crippen molar-refractivity contribution in [1.29, 1.82) is 0 Å². The van der Waals surface area contributed by atoms with Crippen molar-refractivity contribution in [3.8, 4) is 0 Å². The van der Waals surface area contributed by atoms with Gasteiger partial charge in [-0.2, -0.15) is 0 Å². The number of halogens is 1. The Morgan fingerprint density at radius 3 is 2.69 bits per heavy atom. The van der Waals surface area contributed by atoms with Gasteiger partial charge in [0, 0.05) is 18.0 Å². The van der Waals surface area contributed by atoms with E-state index in [1.165, 1.54) is 0 Å². The molecule has 0 aromatic carbocycles. The molecular formula is C12H22BrNO2. The van der Waals surface area contributed by atoms with Gasteiger partial charge in [-0.05, 0) is 18.3 Å². The van der Waals surface area contributed by atoms with Gasteiger partial charge in [0.2, 0.25) is 5.91 Å². The van der Waals surface area contributed by atoms with Crippen molar-refractivity contribution in [3.63, 3.8) is 0 Å². The number of nitrogens with one attached hydrogen (secondary N) is 1. The molecule has 1 N–H and O–H groups in total. The molecule has 1 aliphatic heterocycles. The van der Waals surface area contributed by atoms with E-state index in [1.54, 1.807) is 0 Å². The molecule has 0 radical (unpaired) electrons. The molecule has 1 rings (SSSR count). The molecule has 4 heteroatoms. The highest BCUT2D eigenvalue weighted by Gasteiger charge is 2.30. The second kappa shape index (κ2) is 6.01. The maximum Gasteiger partial charge on any atom is 0.225 e. The maximum absolute atomic E-state index is 12.0. The van der Waals surface area contributed by atoms with E-state index in [9.17, 15) is 4.79 Å². The van der Waals surface area contributed by atoms with Gasteiger partial charge in [-0.3, -0.25) is 4.79 Å². The molecule has 1 fully saturated rings. The average molecular weight is 292 g/mol. The van der Waals surface area contributed by atoms with E-state index < -0.39 is 0 Å². The summed E-state index contributed by atoms with van der Waals surface area (Å²) in [5.41, 5.74) is 0.100. The Morgan fingerprint density at radius 2 is 2.25 bits per heavy atom. The third-order valence-corrected chi connectivity index (χ3v) is 3.52. The lowest BCUT2D eigenvalue weighted by molar-refractivity contribution is -0.126. The second-order valence-corrected chi connectivity index (χ2v) is 6.26. The number of hydrogen-bond donors (Lipinski definition) is 1. The summed E-state index contributed by atoms with van der Waals surface area (Å²) in [6.45, 7) is 7.77. The van der Waals surface area contributed by atoms with Crippen molar-refractivity contribution in [3.05, 3.63) is 0 Å². The molecule has 0 saturated carbocycles. The SMILES string of the molecule is CC(C)(C)C(CCBr)NC(=O)C1CCOC1. The zero-order chi connectivity index (χ0) is 12.2. The van der Waals surface area contributed by atoms with Crippen LogP contribution in [0.4, 0.5) is 0 Å². The maximum atomic E-state index is 12.0. The number of carbonyl (C=O) groups is 1. The Labute approximate surface area is 106 Å². The first-order chi connectivity index (χ1) is 7.45. The van der Waals surface area contributed by atoms with Crippen molar-refractivity contribution in [1.82, 2.24) is 5.32 Å². The predicted octanol–water partition coefficient (Wildman–Crippen LogP) is 2.34. The van der Waals surface area contributed by atoms with Crippen LogP contribution in [0.3, 0.4) is 0 Å². The van der Waals surface area contributed by atoms with Crippen LogP contribution in [0.1, 0.15) is 33.6 Å². The second-order valence-electron chi connectivity index (χ2n) is 5.47. The van der Waals surface area contributed by atoms with Gasteiger partial charge in [-0.15, -0.1) is 0 Å². The molecule has 3 nitrogen and oxygen atoms in total. The van der Waals surface area contributed by atoms with Gasteiger partial charge in [0.1, 0.15) is 0 Å². The summed E-state index contributed by atoms with van der Waals surface area (Å²) >= 11 is 3.44. The summed E-state index contributed by atoms with van der Waals surface area (Å²) in [6.07, 6.45) is 1.82. The van der Waals surface area contributed by atoms with E-state index in [0.717, 1.165) is 24.8 Å². The van der Waals surface area contributed by atoms with Gasteiger partial charge >= 0.3 is 0 Å². The van der Waals surface area contributed by atoms with Crippen molar-refractivity contribution in [2.75, 3.05) is 18.5 Å². The van der Waals surface area contributed by atoms with Crippen molar-refractivity contribution in [2.24, 2.45) is 11.3 Å². The topological polar surface area (TPSA) is 38.3 Å². The van der Waals surface area contributed by atoms with Gasteiger partial charge in [-0.25, -0.2) is 0 Å². The van der Waals surface area contributed by atoms with E-state index in [4.69, 9.17) is 4.74 Å². The standard InChI is InChI=1S/C12H22BrNO2/c1-12(2,3)10(4-6-13)14-11(15)9-5-7-16-8-9/h9-10H,4-8H2,1-3H3,(H,14,15). The average Bonchev–Trinajstić information content (AvgIpc) is 2.68. The van der Waals surface area contributed by atoms with Crippen LogP contribution in [0, 0.1) is 11.3 Å². The lowest BCUT2D eigenvalue weighted by Gasteiger charge is -2.32. The van der Waals surface area contributed by atoms with Crippen LogP contribution in [0.25, 0.3) is 0 Å². The fraction of sp³-hybridized carbons (Fsp3) is 0.917. The predicted molar refractivity (Wildman–Crippen MR) is 68.7 cm³/mol. The normalized spacial score (nSPS) is 23.1. The molecule has 0 aromatic heterocycles. The van der Waals surface area contributed by atoms with Crippen LogP contribution in [-0.4, -0.2) is 30.5 Å². The van der Waals surface area contributed by atoms with E-state index in [2.05, 4.69) is 42.0 Å². The summed E-state index contributed by atoms with van der Waals surface area (Å²) in [7, 11) is 0. The van der Waals surface area contributed by atoms with Gasteiger partial charge < -0.3 is 10.1 Å². The summed E-state index contributed by atoms with van der Waals surface area (Å²) in [6, 6.07) is 0.222. The van der Waals surface area contributed by atoms with Crippen LogP contribution in [0.5, 0.6) is 0 Å². The smallest absolute Gasteiger partial charge is 0.225 e. The van der Waals surface area contributed by atoms with Gasteiger partial charge in [0.05, 0.1) is 12.5 Å². The highest BCUT2D eigenvalue weighted by atomic mass is 79.9. The Bertz CT molecular complexity index is 232. The summed E-state index contributed by atoms with van der Waals surface area (Å²) in [4.78, 5) is 12.0. The molecule has 1 amide bonds. The summed E-state index contributed by atoms with van der Waals surface area (Å²) < 4.78 is 5.24. The monoisotopic (exact) mass is 291 g/mol. The first-order valence-electron chi connectivity index (χ1n) is 5.89. The lowest BCUT2D eigenvalue weighted by Crippen LogP contribution is -2.46. The fourth-order valence-corrected chi connectivity index (χ4v) is 2.32. The van der Waals surface area contributed by atoms with E-state index in [0.29, 0.717) is 6.61 Å². The molecule has 0 spiro atoms. The number of ether oxygens (including phenoxy) is 1. The quantitative estimate of drug-likeness (QED) is 0.808. The molecule has 94 valence electrons. The first kappa shape index (κ1) is 14.0. The van der Waals surface area contributed by atoms with Gasteiger partial charge in [0.15, 0.2) is 0 Å². The number of carbonyl (C=O) groups excluding carboxylic acids is 1. The van der Waals surface area contributed by atoms with Crippen LogP contribution in [-0.2, 0) is 9.53 Å². The minimum absolute atomic E-state index is 0.0557. The number of hydrogen-bond acceptors (Lipinski definition) is 2. The van der Waals surface area contributed by atoms with Crippen LogP contribution in [0.15, 0.2) is 0 Å². The van der Waals surface area contributed by atoms with Gasteiger partial charge in [-0.1, -0.05) is 36.7 Å². The fourth-order valence-electron chi connectivity index (χ4n) is 1.86. The number of alkyl halides is 1. The van der Waals surface area contributed by atoms with Gasteiger partial charge in [0.25, 0.3) is 0 Å². The summed E-state index contributed by atoms with van der Waals surface area (Å²) in [5.74, 6) is 0.207. The molecule has 0 bridgehead atoms. The van der Waals surface area contributed by atoms with Crippen molar-refractivity contribution < 1.29 is 9.53 Å². The Kier molecular flexibility index (Phi) is 5.25. The van der Waals surface area contributed by atoms with Crippen molar-refractivity contribution >= 4 is 21.8 Å². The Hall–Kier alpha value is -0.0900. The Morgan fingerprint density at radius 1 is 1.56 bits per heavy atom. The van der Waals surface area contributed by atoms with Crippen LogP contribution < -0.4 is 5.32 Å². The molecule has 2 atom stereocenters. The molecule has 1 saturated heterocycles. The third kappa shape index (κ3) is 4.06. The molecule has 1 heterocycles. The molecule has 2 unspecified atom stereocenters. The highest BCUT2D eigenvalue weighted by Crippen LogP contribution is 2.23. The molecule has 16 heavy (non-hydrogen) atoms. The first-order valence-corrected chi connectivity index (χ1v) is 7.01. The largest absolute Gasteiger partial charge is 0.381 e. The molecule has 1 aliphatic rings. The zero-order valence-electron chi connectivity index (χ0n) is 10.4. The molecule has 0 aromatic rings. The van der Waals surface area contributed by atoms with Crippen LogP contribution >= 0.6 is 15.9 Å². The van der Waals surface area contributed by atoms with E-state index >= 15 is 0 Å². The minimum Gasteiger partial charge on any atom is -0.381 e. The van der Waals surface area contributed by atoms with E-state index in [1.807, 2.05) is 0 Å². The third-order valence-electron chi connectivity index (χ3n) is 3.06. The lowest BCUT2D eigenvalue weighted by atomic mass is 9.85. The Balaban J connectivity index is 2.50. The summed E-state index contributed by atoms with van der Waals surface area (Å²) in [5, 5.41) is 4.06. The van der Waals surface area contributed by atoms with Crippen LogP contribution in [0.2, 0.25) is 0 Å². The minimum atomic E-state index is 0.0557.